The zero-order valence-electron chi connectivity index (χ0n) is 11.4. The van der Waals surface area contributed by atoms with Gasteiger partial charge in [-0.25, -0.2) is 8.78 Å². The molecule has 0 rings (SSSR count). The highest BCUT2D eigenvalue weighted by Crippen LogP contribution is 2.22. The molecule has 0 saturated carbocycles. The van der Waals surface area contributed by atoms with Crippen LogP contribution in [-0.2, 0) is 9.47 Å². The molecule has 0 aromatic carbocycles. The molecule has 0 aliphatic carbocycles. The van der Waals surface area contributed by atoms with Crippen molar-refractivity contribution in [3.63, 3.8) is 0 Å². The van der Waals surface area contributed by atoms with Gasteiger partial charge in [0, 0.05) is 19.8 Å². The SMILES string of the molecule is CCCNC(CCCOC)COCC(F)(F)C(F)F. The van der Waals surface area contributed by atoms with Gasteiger partial charge in [0.2, 0.25) is 0 Å². The summed E-state index contributed by atoms with van der Waals surface area (Å²) in [6, 6.07) is -0.122. The zero-order valence-corrected chi connectivity index (χ0v) is 11.4. The Hall–Kier alpha value is -0.400. The highest BCUT2D eigenvalue weighted by atomic mass is 19.3. The maximum absolute atomic E-state index is 12.6. The van der Waals surface area contributed by atoms with E-state index in [0.29, 0.717) is 13.0 Å². The zero-order chi connectivity index (χ0) is 14.7. The first-order chi connectivity index (χ1) is 8.94. The Morgan fingerprint density at radius 2 is 1.95 bits per heavy atom. The standard InChI is InChI=1S/C12H23F4NO2/c1-3-6-17-10(5-4-7-18-2)8-19-9-12(15,16)11(13)14/h10-11,17H,3-9H2,1-2H3. The summed E-state index contributed by atoms with van der Waals surface area (Å²) in [5.41, 5.74) is 0. The van der Waals surface area contributed by atoms with Crippen LogP contribution in [0.3, 0.4) is 0 Å². The molecule has 1 unspecified atom stereocenters. The van der Waals surface area contributed by atoms with Gasteiger partial charge in [0.25, 0.3) is 0 Å². The maximum Gasteiger partial charge on any atom is 0.330 e. The molecule has 1 N–H and O–H groups in total. The Bertz CT molecular complexity index is 218. The van der Waals surface area contributed by atoms with Crippen molar-refractivity contribution in [1.82, 2.24) is 5.32 Å². The van der Waals surface area contributed by atoms with Crippen molar-refractivity contribution in [2.75, 3.05) is 33.5 Å². The third kappa shape index (κ3) is 9.18. The summed E-state index contributed by atoms with van der Waals surface area (Å²) in [5.74, 6) is -4.08. The molecule has 0 bridgehead atoms. The van der Waals surface area contributed by atoms with Crippen molar-refractivity contribution in [2.24, 2.45) is 0 Å². The highest BCUT2D eigenvalue weighted by Gasteiger charge is 2.41. The third-order valence-corrected chi connectivity index (χ3v) is 2.52. The van der Waals surface area contributed by atoms with E-state index in [0.717, 1.165) is 19.4 Å². The normalized spacial score (nSPS) is 14.1. The van der Waals surface area contributed by atoms with Crippen LogP contribution in [0.2, 0.25) is 0 Å². The van der Waals surface area contributed by atoms with Crippen LogP contribution in [0.1, 0.15) is 26.2 Å². The molecule has 3 nitrogen and oxygen atoms in total. The van der Waals surface area contributed by atoms with E-state index in [4.69, 9.17) is 9.47 Å². The number of rotatable bonds is 12. The summed E-state index contributed by atoms with van der Waals surface area (Å²) in [7, 11) is 1.58. The maximum atomic E-state index is 12.6. The lowest BCUT2D eigenvalue weighted by molar-refractivity contribution is -0.167. The molecule has 116 valence electrons. The molecule has 0 radical (unpaired) electrons. The van der Waals surface area contributed by atoms with E-state index in [2.05, 4.69) is 5.32 Å². The molecule has 0 heterocycles. The molecule has 0 aliphatic heterocycles. The number of nitrogens with one attached hydrogen (secondary N) is 1. The molecule has 0 aromatic heterocycles. The number of methoxy groups -OCH3 is 1. The molecule has 7 heteroatoms. The first kappa shape index (κ1) is 18.6. The highest BCUT2D eigenvalue weighted by molar-refractivity contribution is 4.70. The Balaban J connectivity index is 3.96. The Morgan fingerprint density at radius 3 is 2.47 bits per heavy atom. The van der Waals surface area contributed by atoms with Crippen LogP contribution in [-0.4, -0.2) is 51.9 Å². The fraction of sp³-hybridized carbons (Fsp3) is 1.00. The fourth-order valence-electron chi connectivity index (χ4n) is 1.47. The summed E-state index contributed by atoms with van der Waals surface area (Å²) in [5, 5.41) is 3.13. The van der Waals surface area contributed by atoms with Gasteiger partial charge in [0.15, 0.2) is 0 Å². The first-order valence-corrected chi connectivity index (χ1v) is 6.40. The summed E-state index contributed by atoms with van der Waals surface area (Å²) in [6.45, 7) is 2.01. The predicted molar refractivity (Wildman–Crippen MR) is 65.0 cm³/mol. The van der Waals surface area contributed by atoms with Gasteiger partial charge in [-0.1, -0.05) is 6.92 Å². The van der Waals surface area contributed by atoms with Gasteiger partial charge in [-0.3, -0.25) is 0 Å². The molecule has 19 heavy (non-hydrogen) atoms. The lowest BCUT2D eigenvalue weighted by atomic mass is 10.1. The largest absolute Gasteiger partial charge is 0.385 e. The summed E-state index contributed by atoms with van der Waals surface area (Å²) >= 11 is 0. The molecule has 0 saturated heterocycles. The van der Waals surface area contributed by atoms with Crippen molar-refractivity contribution >= 4 is 0 Å². The van der Waals surface area contributed by atoms with Gasteiger partial charge in [0.05, 0.1) is 6.61 Å². The van der Waals surface area contributed by atoms with E-state index in [9.17, 15) is 17.6 Å². The van der Waals surface area contributed by atoms with Crippen LogP contribution in [0.15, 0.2) is 0 Å². The number of ether oxygens (including phenoxy) is 2. The second kappa shape index (κ2) is 10.4. The molecule has 0 amide bonds. The summed E-state index contributed by atoms with van der Waals surface area (Å²) in [4.78, 5) is 0. The predicted octanol–water partition coefficient (Wildman–Crippen LogP) is 2.70. The van der Waals surface area contributed by atoms with E-state index in [1.54, 1.807) is 7.11 Å². The summed E-state index contributed by atoms with van der Waals surface area (Å²) in [6.07, 6.45) is -1.35. The minimum absolute atomic E-state index is 0.00791. The van der Waals surface area contributed by atoms with E-state index < -0.39 is 19.0 Å². The van der Waals surface area contributed by atoms with Gasteiger partial charge >= 0.3 is 12.3 Å². The lowest BCUT2D eigenvalue weighted by Crippen LogP contribution is -2.38. The number of hydrogen-bond acceptors (Lipinski definition) is 3. The van der Waals surface area contributed by atoms with Crippen molar-refractivity contribution in [3.05, 3.63) is 0 Å². The molecule has 0 aliphatic rings. The van der Waals surface area contributed by atoms with E-state index >= 15 is 0 Å². The molecule has 1 atom stereocenters. The minimum Gasteiger partial charge on any atom is -0.385 e. The fourth-order valence-corrected chi connectivity index (χ4v) is 1.47. The molecular formula is C12H23F4NO2. The number of halogens is 4. The second-order valence-corrected chi connectivity index (χ2v) is 4.36. The van der Waals surface area contributed by atoms with Crippen LogP contribution >= 0.6 is 0 Å². The van der Waals surface area contributed by atoms with Gasteiger partial charge in [0.1, 0.15) is 6.61 Å². The lowest BCUT2D eigenvalue weighted by Gasteiger charge is -2.21. The molecule has 0 fully saturated rings. The Morgan fingerprint density at radius 1 is 1.26 bits per heavy atom. The Kier molecular flexibility index (Phi) is 10.2. The smallest absolute Gasteiger partial charge is 0.330 e. The average molecular weight is 289 g/mol. The molecular weight excluding hydrogens is 266 g/mol. The van der Waals surface area contributed by atoms with Crippen LogP contribution in [0.25, 0.3) is 0 Å². The van der Waals surface area contributed by atoms with Crippen molar-refractivity contribution in [2.45, 2.75) is 44.6 Å². The molecule has 0 spiro atoms. The molecule has 0 aromatic rings. The second-order valence-electron chi connectivity index (χ2n) is 4.36. The van der Waals surface area contributed by atoms with Gasteiger partial charge < -0.3 is 14.8 Å². The van der Waals surface area contributed by atoms with E-state index in [-0.39, 0.29) is 12.6 Å². The quantitative estimate of drug-likeness (QED) is 0.442. The number of hydrogen-bond donors (Lipinski definition) is 1. The topological polar surface area (TPSA) is 30.5 Å². The van der Waals surface area contributed by atoms with Crippen LogP contribution in [0.5, 0.6) is 0 Å². The van der Waals surface area contributed by atoms with E-state index in [1.165, 1.54) is 0 Å². The third-order valence-electron chi connectivity index (χ3n) is 2.52. The van der Waals surface area contributed by atoms with Crippen molar-refractivity contribution in [1.29, 1.82) is 0 Å². The van der Waals surface area contributed by atoms with Crippen molar-refractivity contribution < 1.29 is 27.0 Å². The monoisotopic (exact) mass is 289 g/mol. The van der Waals surface area contributed by atoms with Gasteiger partial charge in [-0.15, -0.1) is 0 Å². The average Bonchev–Trinajstić information content (AvgIpc) is 2.35. The van der Waals surface area contributed by atoms with Gasteiger partial charge in [-0.05, 0) is 25.8 Å². The van der Waals surface area contributed by atoms with Gasteiger partial charge in [-0.2, -0.15) is 8.78 Å². The first-order valence-electron chi connectivity index (χ1n) is 6.40. The Labute approximate surface area is 111 Å². The van der Waals surface area contributed by atoms with Crippen LogP contribution < -0.4 is 5.32 Å². The van der Waals surface area contributed by atoms with Crippen LogP contribution in [0, 0.1) is 0 Å². The minimum atomic E-state index is -4.08. The summed E-state index contributed by atoms with van der Waals surface area (Å²) < 4.78 is 58.7. The van der Waals surface area contributed by atoms with Crippen molar-refractivity contribution in [3.8, 4) is 0 Å². The van der Waals surface area contributed by atoms with E-state index in [1.807, 2.05) is 6.92 Å². The number of alkyl halides is 4. The van der Waals surface area contributed by atoms with Crippen LogP contribution in [0.4, 0.5) is 17.6 Å².